The Labute approximate surface area is 116 Å². The van der Waals surface area contributed by atoms with E-state index in [1.807, 2.05) is 6.92 Å². The average Bonchev–Trinajstić information content (AvgIpc) is 2.82. The van der Waals surface area contributed by atoms with E-state index in [-0.39, 0.29) is 11.4 Å². The van der Waals surface area contributed by atoms with Crippen LogP contribution in [0.2, 0.25) is 0 Å². The summed E-state index contributed by atoms with van der Waals surface area (Å²) in [6.45, 7) is 4.53. The molecule has 0 amide bonds. The van der Waals surface area contributed by atoms with Crippen LogP contribution in [0.5, 0.6) is 5.75 Å². The minimum absolute atomic E-state index is 0.0458. The average molecular weight is 276 g/mol. The van der Waals surface area contributed by atoms with Crippen LogP contribution < -0.4 is 10.1 Å². The molecule has 2 N–H and O–H groups in total. The topological polar surface area (TPSA) is 93.1 Å². The second-order valence-electron chi connectivity index (χ2n) is 4.22. The highest BCUT2D eigenvalue weighted by Crippen LogP contribution is 2.35. The zero-order valence-electron chi connectivity index (χ0n) is 11.3. The number of aromatic amines is 1. The molecule has 0 radical (unpaired) electrons. The van der Waals surface area contributed by atoms with Crippen LogP contribution in [0.4, 0.5) is 11.4 Å². The third kappa shape index (κ3) is 2.87. The smallest absolute Gasteiger partial charge is 0.333 e. The van der Waals surface area contributed by atoms with E-state index >= 15 is 0 Å². The lowest BCUT2D eigenvalue weighted by molar-refractivity contribution is -0.384. The lowest BCUT2D eigenvalue weighted by Crippen LogP contribution is -2.05. The molecule has 1 aromatic heterocycles. The number of nitrogens with one attached hydrogen (secondary N) is 2. The van der Waals surface area contributed by atoms with Gasteiger partial charge in [-0.3, -0.25) is 15.2 Å². The van der Waals surface area contributed by atoms with Crippen molar-refractivity contribution < 1.29 is 9.66 Å². The third-order valence-corrected chi connectivity index (χ3v) is 2.89. The molecule has 1 heterocycles. The zero-order valence-corrected chi connectivity index (χ0v) is 11.3. The summed E-state index contributed by atoms with van der Waals surface area (Å²) in [6.07, 6.45) is 1.70. The highest BCUT2D eigenvalue weighted by atomic mass is 16.6. The molecule has 0 aliphatic heterocycles. The zero-order chi connectivity index (χ0) is 14.5. The van der Waals surface area contributed by atoms with E-state index in [9.17, 15) is 10.1 Å². The summed E-state index contributed by atoms with van der Waals surface area (Å²) in [5, 5.41) is 21.0. The Morgan fingerprint density at radius 1 is 1.50 bits per heavy atom. The van der Waals surface area contributed by atoms with Crippen LogP contribution in [-0.4, -0.2) is 21.7 Å². The van der Waals surface area contributed by atoms with E-state index in [1.165, 1.54) is 0 Å². The van der Waals surface area contributed by atoms with Gasteiger partial charge in [0.15, 0.2) is 5.75 Å². The van der Waals surface area contributed by atoms with Gasteiger partial charge in [0.1, 0.15) is 5.69 Å². The van der Waals surface area contributed by atoms with Gasteiger partial charge in [-0.25, -0.2) is 0 Å². The number of nitrogens with zero attached hydrogens (tertiary/aromatic N) is 2. The highest BCUT2D eigenvalue weighted by molar-refractivity contribution is 5.68. The normalized spacial score (nSPS) is 10.3. The molecular formula is C13H16N4O3. The molecule has 7 heteroatoms. The summed E-state index contributed by atoms with van der Waals surface area (Å²) in [5.74, 6) is 0.270. The molecule has 0 saturated carbocycles. The summed E-state index contributed by atoms with van der Waals surface area (Å²) >= 11 is 0. The van der Waals surface area contributed by atoms with E-state index in [0.29, 0.717) is 18.8 Å². The molecule has 106 valence electrons. The summed E-state index contributed by atoms with van der Waals surface area (Å²) in [6, 6.07) is 4.98. The molecule has 2 rings (SSSR count). The molecule has 0 bridgehead atoms. The van der Waals surface area contributed by atoms with Gasteiger partial charge < -0.3 is 10.1 Å². The van der Waals surface area contributed by atoms with Gasteiger partial charge in [-0.15, -0.1) is 0 Å². The SMILES string of the molecule is CCOc1cccc(NCc2cn[nH]c2C)c1[N+](=O)[O-]. The number of nitro groups is 1. The number of nitro benzene ring substituents is 1. The lowest BCUT2D eigenvalue weighted by Gasteiger charge is -2.10. The van der Waals surface area contributed by atoms with Crippen molar-refractivity contribution in [3.63, 3.8) is 0 Å². The minimum Gasteiger partial charge on any atom is -0.487 e. The molecule has 0 saturated heterocycles. The molecule has 0 unspecified atom stereocenters. The fourth-order valence-corrected chi connectivity index (χ4v) is 1.87. The van der Waals surface area contributed by atoms with Crippen LogP contribution in [-0.2, 0) is 6.54 Å². The first-order valence-electron chi connectivity index (χ1n) is 6.26. The molecule has 2 aromatic rings. The molecule has 0 fully saturated rings. The van der Waals surface area contributed by atoms with Gasteiger partial charge in [-0.05, 0) is 26.0 Å². The van der Waals surface area contributed by atoms with Crippen molar-refractivity contribution in [3.05, 3.63) is 45.8 Å². The van der Waals surface area contributed by atoms with E-state index in [0.717, 1.165) is 11.3 Å². The summed E-state index contributed by atoms with van der Waals surface area (Å²) in [4.78, 5) is 10.8. The maximum absolute atomic E-state index is 11.2. The van der Waals surface area contributed by atoms with Crippen molar-refractivity contribution >= 4 is 11.4 Å². The van der Waals surface area contributed by atoms with Gasteiger partial charge in [0.25, 0.3) is 0 Å². The van der Waals surface area contributed by atoms with Crippen LogP contribution in [0.3, 0.4) is 0 Å². The number of hydrogen-bond donors (Lipinski definition) is 2. The number of benzene rings is 1. The third-order valence-electron chi connectivity index (χ3n) is 2.89. The Morgan fingerprint density at radius 3 is 2.90 bits per heavy atom. The minimum atomic E-state index is -0.435. The number of H-pyrrole nitrogens is 1. The number of rotatable bonds is 6. The van der Waals surface area contributed by atoms with Crippen LogP contribution in [0, 0.1) is 17.0 Å². The molecule has 7 nitrogen and oxygen atoms in total. The Morgan fingerprint density at radius 2 is 2.30 bits per heavy atom. The van der Waals surface area contributed by atoms with Gasteiger partial charge in [0, 0.05) is 17.8 Å². The van der Waals surface area contributed by atoms with E-state index in [1.54, 1.807) is 31.3 Å². The van der Waals surface area contributed by atoms with Crippen LogP contribution in [0.15, 0.2) is 24.4 Å². The maximum Gasteiger partial charge on any atom is 0.333 e. The van der Waals surface area contributed by atoms with Gasteiger partial charge in [-0.1, -0.05) is 6.07 Å². The molecule has 0 aliphatic carbocycles. The van der Waals surface area contributed by atoms with Crippen molar-refractivity contribution in [1.29, 1.82) is 0 Å². The van der Waals surface area contributed by atoms with Crippen molar-refractivity contribution in [2.75, 3.05) is 11.9 Å². The highest BCUT2D eigenvalue weighted by Gasteiger charge is 2.20. The Balaban J connectivity index is 2.24. The number of anilines is 1. The first-order chi connectivity index (χ1) is 9.63. The van der Waals surface area contributed by atoms with E-state index in [2.05, 4.69) is 15.5 Å². The van der Waals surface area contributed by atoms with Crippen molar-refractivity contribution in [1.82, 2.24) is 10.2 Å². The van der Waals surface area contributed by atoms with Crippen molar-refractivity contribution in [2.24, 2.45) is 0 Å². The largest absolute Gasteiger partial charge is 0.487 e. The molecule has 0 aliphatic rings. The Kier molecular flexibility index (Phi) is 4.19. The summed E-state index contributed by atoms with van der Waals surface area (Å²) < 4.78 is 5.30. The predicted molar refractivity (Wildman–Crippen MR) is 74.9 cm³/mol. The van der Waals surface area contributed by atoms with Crippen molar-refractivity contribution in [2.45, 2.75) is 20.4 Å². The number of aromatic nitrogens is 2. The molecule has 0 spiro atoms. The molecule has 0 atom stereocenters. The number of aryl methyl sites for hydroxylation is 1. The second-order valence-corrected chi connectivity index (χ2v) is 4.22. The summed E-state index contributed by atoms with van der Waals surface area (Å²) in [5.41, 5.74) is 2.28. The van der Waals surface area contributed by atoms with Crippen molar-refractivity contribution in [3.8, 4) is 5.75 Å². The monoisotopic (exact) mass is 276 g/mol. The second kappa shape index (κ2) is 6.05. The van der Waals surface area contributed by atoms with Gasteiger partial charge in [0.05, 0.1) is 17.7 Å². The summed E-state index contributed by atoms with van der Waals surface area (Å²) in [7, 11) is 0. The fourth-order valence-electron chi connectivity index (χ4n) is 1.87. The lowest BCUT2D eigenvalue weighted by atomic mass is 10.2. The van der Waals surface area contributed by atoms with Gasteiger partial charge in [-0.2, -0.15) is 5.10 Å². The molecule has 20 heavy (non-hydrogen) atoms. The van der Waals surface area contributed by atoms with Gasteiger partial charge >= 0.3 is 5.69 Å². The van der Waals surface area contributed by atoms with E-state index in [4.69, 9.17) is 4.74 Å². The first-order valence-corrected chi connectivity index (χ1v) is 6.26. The molecular weight excluding hydrogens is 260 g/mol. The predicted octanol–water partition coefficient (Wildman–Crippen LogP) is 2.64. The standard InChI is InChI=1S/C13H16N4O3/c1-3-20-12-6-4-5-11(13(12)17(18)19)14-7-10-8-15-16-9(10)2/h4-6,8,14H,3,7H2,1-2H3,(H,15,16). The van der Waals surface area contributed by atoms with Gasteiger partial charge in [0.2, 0.25) is 0 Å². The Hall–Kier alpha value is -2.57. The number of hydrogen-bond acceptors (Lipinski definition) is 5. The fraction of sp³-hybridized carbons (Fsp3) is 0.308. The quantitative estimate of drug-likeness (QED) is 0.625. The van der Waals surface area contributed by atoms with Crippen LogP contribution in [0.1, 0.15) is 18.2 Å². The van der Waals surface area contributed by atoms with Crippen LogP contribution in [0.25, 0.3) is 0 Å². The number of para-hydroxylation sites is 1. The molecule has 1 aromatic carbocycles. The first kappa shape index (κ1) is 13.9. The number of ether oxygens (including phenoxy) is 1. The Bertz CT molecular complexity index is 609. The maximum atomic E-state index is 11.2. The van der Waals surface area contributed by atoms with Crippen LogP contribution >= 0.6 is 0 Å². The van der Waals surface area contributed by atoms with E-state index < -0.39 is 4.92 Å².